The third-order valence-corrected chi connectivity index (χ3v) is 5.26. The molecule has 2 rings (SSSR count). The molecule has 34 heavy (non-hydrogen) atoms. The van der Waals surface area contributed by atoms with Gasteiger partial charge in [0.05, 0.1) is 17.3 Å². The molecule has 9 nitrogen and oxygen atoms in total. The summed E-state index contributed by atoms with van der Waals surface area (Å²) >= 11 is 3.82. The quantitative estimate of drug-likeness (QED) is 0.167. The van der Waals surface area contributed by atoms with Crippen molar-refractivity contribution in [3.05, 3.63) is 61.7 Å². The molecule has 0 spiro atoms. The highest BCUT2D eigenvalue weighted by molar-refractivity contribution is 7.96. The summed E-state index contributed by atoms with van der Waals surface area (Å²) in [5, 5.41) is 5.13. The average Bonchev–Trinajstić information content (AvgIpc) is 3.29. The summed E-state index contributed by atoms with van der Waals surface area (Å²) in [7, 11) is 0. The Bertz CT molecular complexity index is 963. The van der Waals surface area contributed by atoms with Gasteiger partial charge in [-0.05, 0) is 30.5 Å². The Kier molecular flexibility index (Phi) is 10.6. The van der Waals surface area contributed by atoms with E-state index in [2.05, 4.69) is 43.0 Å². The zero-order valence-electron chi connectivity index (χ0n) is 18.7. The monoisotopic (exact) mass is 488 g/mol. The van der Waals surface area contributed by atoms with E-state index in [0.717, 1.165) is 0 Å². The molecule has 0 aliphatic carbocycles. The van der Waals surface area contributed by atoms with Crippen LogP contribution >= 0.6 is 12.6 Å². The molecular formula is C24H28N2O7S. The van der Waals surface area contributed by atoms with Crippen molar-refractivity contribution in [2.24, 2.45) is 11.8 Å². The zero-order chi connectivity index (χ0) is 25.1. The fourth-order valence-corrected chi connectivity index (χ4v) is 3.73. The van der Waals surface area contributed by atoms with Gasteiger partial charge in [-0.3, -0.25) is 14.4 Å². The first-order valence-corrected chi connectivity index (χ1v) is 11.0. The van der Waals surface area contributed by atoms with Crippen molar-refractivity contribution >= 4 is 41.3 Å². The number of nitrogens with one attached hydrogen (secondary N) is 2. The fourth-order valence-electron chi connectivity index (χ4n) is 3.41. The number of ether oxygens (including phenoxy) is 3. The molecule has 0 bridgehead atoms. The molecule has 0 saturated carbocycles. The highest BCUT2D eigenvalue weighted by atomic mass is 32.1. The lowest BCUT2D eigenvalue weighted by Gasteiger charge is -2.18. The molecule has 1 amide bonds. The number of benzene rings is 1. The first kappa shape index (κ1) is 26.9. The van der Waals surface area contributed by atoms with Gasteiger partial charge in [0.15, 0.2) is 5.12 Å². The van der Waals surface area contributed by atoms with E-state index in [1.165, 1.54) is 24.3 Å². The summed E-state index contributed by atoms with van der Waals surface area (Å²) in [6.45, 7) is 11.0. The average molecular weight is 489 g/mol. The van der Waals surface area contributed by atoms with E-state index in [4.69, 9.17) is 14.2 Å². The van der Waals surface area contributed by atoms with Crippen LogP contribution < -0.4 is 15.4 Å². The minimum absolute atomic E-state index is 0.0283. The van der Waals surface area contributed by atoms with Crippen LogP contribution in [0.1, 0.15) is 16.8 Å². The van der Waals surface area contributed by atoms with E-state index in [1.807, 2.05) is 0 Å². The molecule has 182 valence electrons. The van der Waals surface area contributed by atoms with E-state index >= 15 is 0 Å². The van der Waals surface area contributed by atoms with Crippen molar-refractivity contribution in [1.29, 1.82) is 0 Å². The van der Waals surface area contributed by atoms with Crippen LogP contribution in [0.15, 0.2) is 56.2 Å². The second kappa shape index (κ2) is 13.4. The van der Waals surface area contributed by atoms with E-state index in [-0.39, 0.29) is 44.0 Å². The number of carbonyl (C=O) groups excluding carboxylic acids is 4. The number of carbonyl (C=O) groups is 4. The number of hydrogen-bond donors (Lipinski definition) is 3. The minimum atomic E-state index is -1.11. The molecule has 1 saturated heterocycles. The predicted molar refractivity (Wildman–Crippen MR) is 130 cm³/mol. The Morgan fingerprint density at radius 1 is 1.09 bits per heavy atom. The Hall–Kier alpha value is -3.37. The summed E-state index contributed by atoms with van der Waals surface area (Å²) < 4.78 is 15.6. The molecule has 0 aromatic heterocycles. The van der Waals surface area contributed by atoms with E-state index in [9.17, 15) is 19.2 Å². The highest BCUT2D eigenvalue weighted by Gasteiger charge is 2.41. The van der Waals surface area contributed by atoms with Crippen LogP contribution in [0.25, 0.3) is 0 Å². The normalized spacial score (nSPS) is 17.7. The molecule has 1 aromatic carbocycles. The first-order valence-electron chi connectivity index (χ1n) is 10.5. The lowest BCUT2D eigenvalue weighted by molar-refractivity contribution is -0.151. The number of esters is 2. The van der Waals surface area contributed by atoms with Crippen molar-refractivity contribution in [1.82, 2.24) is 5.32 Å². The summed E-state index contributed by atoms with van der Waals surface area (Å²) in [5.74, 6) is -2.97. The summed E-state index contributed by atoms with van der Waals surface area (Å²) in [6, 6.07) is 3.80. The predicted octanol–water partition coefficient (Wildman–Crippen LogP) is 2.31. The molecule has 1 aliphatic heterocycles. The van der Waals surface area contributed by atoms with E-state index in [0.29, 0.717) is 5.75 Å². The maximum Gasteiger partial charge on any atom is 0.338 e. The van der Waals surface area contributed by atoms with Crippen molar-refractivity contribution in [3.8, 4) is 5.75 Å². The maximum absolute atomic E-state index is 13.0. The topological polar surface area (TPSA) is 120 Å². The lowest BCUT2D eigenvalue weighted by atomic mass is 9.90. The van der Waals surface area contributed by atoms with Crippen molar-refractivity contribution in [3.63, 3.8) is 0 Å². The lowest BCUT2D eigenvalue weighted by Crippen LogP contribution is -2.35. The molecule has 10 heteroatoms. The van der Waals surface area contributed by atoms with Gasteiger partial charge in [-0.2, -0.15) is 0 Å². The maximum atomic E-state index is 13.0. The Balaban J connectivity index is 2.15. The number of amides is 1. The van der Waals surface area contributed by atoms with Crippen LogP contribution in [0.5, 0.6) is 5.75 Å². The van der Waals surface area contributed by atoms with Crippen molar-refractivity contribution < 1.29 is 33.4 Å². The number of rotatable bonds is 13. The third kappa shape index (κ3) is 7.32. The second-order valence-electron chi connectivity index (χ2n) is 7.38. The van der Waals surface area contributed by atoms with Gasteiger partial charge in [-0.15, -0.1) is 12.6 Å². The van der Waals surface area contributed by atoms with Crippen LogP contribution in [0, 0.1) is 11.8 Å². The molecule has 1 aliphatic rings. The van der Waals surface area contributed by atoms with Gasteiger partial charge in [-0.25, -0.2) is 4.79 Å². The number of hydrogen-bond acceptors (Lipinski definition) is 8. The van der Waals surface area contributed by atoms with Gasteiger partial charge in [-0.1, -0.05) is 38.0 Å². The highest BCUT2D eigenvalue weighted by Crippen LogP contribution is 2.29. The first-order chi connectivity index (χ1) is 16.3. The Morgan fingerprint density at radius 2 is 1.76 bits per heavy atom. The van der Waals surface area contributed by atoms with Crippen molar-refractivity contribution in [2.45, 2.75) is 12.5 Å². The Labute approximate surface area is 203 Å². The molecular weight excluding hydrogens is 460 g/mol. The van der Waals surface area contributed by atoms with Crippen LogP contribution in [0.4, 0.5) is 5.69 Å². The smallest absolute Gasteiger partial charge is 0.338 e. The van der Waals surface area contributed by atoms with Gasteiger partial charge >= 0.3 is 11.9 Å². The summed E-state index contributed by atoms with van der Waals surface area (Å²) in [6.07, 6.45) is 4.59. The minimum Gasteiger partial charge on any atom is -0.487 e. The standard InChI is InChI=1S/C24H28N2O7S/c1-4-9-31-19-8-7-15(22(28)32-10-5-2)12-17(19)26-21(27)18-13-16(14-25-18)20(24(30)34)23(29)33-11-6-3/h4-8,12,16,18,20,25H,1-3,9-11,13-14H2,(H,26,27)(H,30,34)/t16-,18?,20+/m1/s1. The van der Waals surface area contributed by atoms with Crippen LogP contribution in [-0.2, 0) is 23.9 Å². The number of anilines is 1. The largest absolute Gasteiger partial charge is 0.487 e. The third-order valence-electron chi connectivity index (χ3n) is 4.98. The Morgan fingerprint density at radius 3 is 2.41 bits per heavy atom. The molecule has 1 fully saturated rings. The second-order valence-corrected chi connectivity index (χ2v) is 7.82. The zero-order valence-corrected chi connectivity index (χ0v) is 19.6. The van der Waals surface area contributed by atoms with Gasteiger partial charge in [0.1, 0.15) is 31.5 Å². The van der Waals surface area contributed by atoms with Crippen molar-refractivity contribution in [2.75, 3.05) is 31.7 Å². The molecule has 3 atom stereocenters. The van der Waals surface area contributed by atoms with Gasteiger partial charge in [0, 0.05) is 6.54 Å². The van der Waals surface area contributed by atoms with Crippen LogP contribution in [0.3, 0.4) is 0 Å². The molecule has 1 heterocycles. The van der Waals surface area contributed by atoms with Crippen LogP contribution in [-0.4, -0.2) is 55.4 Å². The SMILES string of the molecule is C=CCOC(=O)c1ccc(OCC=C)c(NC(=O)C2C[C@@H]([C@H](C(=O)S)C(=O)OCC=C)CN2)c1. The van der Waals surface area contributed by atoms with Gasteiger partial charge < -0.3 is 24.8 Å². The van der Waals surface area contributed by atoms with Crippen LogP contribution in [0.2, 0.25) is 0 Å². The molecule has 2 N–H and O–H groups in total. The molecule has 1 aromatic rings. The molecule has 0 radical (unpaired) electrons. The fraction of sp³-hybridized carbons (Fsp3) is 0.333. The summed E-state index contributed by atoms with van der Waals surface area (Å²) in [4.78, 5) is 49.4. The van der Waals surface area contributed by atoms with Gasteiger partial charge in [0.25, 0.3) is 0 Å². The molecule has 1 unspecified atom stereocenters. The van der Waals surface area contributed by atoms with Gasteiger partial charge in [0.2, 0.25) is 5.91 Å². The number of thiol groups is 1. The van der Waals surface area contributed by atoms with E-state index in [1.54, 1.807) is 12.1 Å². The summed E-state index contributed by atoms with van der Waals surface area (Å²) in [5.41, 5.74) is 0.475. The van der Waals surface area contributed by atoms with E-state index < -0.39 is 40.8 Å².